The summed E-state index contributed by atoms with van der Waals surface area (Å²) in [7, 11) is 1.46. The second-order valence-corrected chi connectivity index (χ2v) is 13.8. The number of nitrogens with zero attached hydrogens (tertiary/aromatic N) is 4. The average Bonchev–Trinajstić information content (AvgIpc) is 2.92. The number of aromatic nitrogens is 1. The number of quaternary nitrogens is 2. The van der Waals surface area contributed by atoms with E-state index in [0.29, 0.717) is 19.6 Å². The maximum absolute atomic E-state index is 13.2. The van der Waals surface area contributed by atoms with Gasteiger partial charge in [-0.25, -0.2) is 51.8 Å². The first-order valence-corrected chi connectivity index (χ1v) is 17.8. The van der Waals surface area contributed by atoms with Crippen LogP contribution in [0.5, 0.6) is 5.75 Å². The third-order valence-electron chi connectivity index (χ3n) is 6.73. The van der Waals surface area contributed by atoms with E-state index in [9.17, 15) is 14.4 Å². The molecule has 280 valence electrons. The van der Waals surface area contributed by atoms with E-state index in [-0.39, 0.29) is 27.8 Å². The summed E-state index contributed by atoms with van der Waals surface area (Å²) in [6.07, 6.45) is 11.6. The summed E-state index contributed by atoms with van der Waals surface area (Å²) >= 11 is 0. The number of ether oxygens (including phenoxy) is 2. The summed E-state index contributed by atoms with van der Waals surface area (Å²) in [5.74, 6) is -0.0561. The Labute approximate surface area is 287 Å². The van der Waals surface area contributed by atoms with Gasteiger partial charge in [-0.1, -0.05) is 32.6 Å². The standard InChI is InChI=1S/C29H52N4O5.2ClHO4/c1-8-18-26(34)37-24-23-32(4,5)21-15-13-11-9-10-12-14-16-22-33(6,7)28(35)27-25(19-17-20-30-27)38-29(36)31(2)3;2*2-1(3,4)5/h17,19-20H,8-16,18,21-24H2,1-7H3;2*(H,2,3,4,5)/q+2;;/p-2. The van der Waals surface area contributed by atoms with Gasteiger partial charge in [0.2, 0.25) is 5.69 Å². The minimum Gasteiger partial charge on any atom is -0.460 e. The lowest BCUT2D eigenvalue weighted by Crippen LogP contribution is -2.68. The summed E-state index contributed by atoms with van der Waals surface area (Å²) in [5.41, 5.74) is 0.187. The van der Waals surface area contributed by atoms with Crippen molar-refractivity contribution in [3.05, 3.63) is 24.0 Å². The molecular weight excluding hydrogens is 683 g/mol. The minimum atomic E-state index is -4.94. The zero-order valence-corrected chi connectivity index (χ0v) is 30.5. The predicted molar refractivity (Wildman–Crippen MR) is 150 cm³/mol. The second kappa shape index (κ2) is 24.0. The molecule has 0 bridgehead atoms. The molecule has 0 aromatic carbocycles. The quantitative estimate of drug-likeness (QED) is 0.0780. The minimum absolute atomic E-state index is 0.0909. The van der Waals surface area contributed by atoms with E-state index in [1.54, 1.807) is 32.4 Å². The van der Waals surface area contributed by atoms with Crippen LogP contribution in [0.2, 0.25) is 0 Å². The van der Waals surface area contributed by atoms with Gasteiger partial charge in [-0.15, -0.1) is 20.5 Å². The van der Waals surface area contributed by atoms with E-state index in [1.165, 1.54) is 37.0 Å². The first-order chi connectivity index (χ1) is 21.9. The largest absolute Gasteiger partial charge is 0.460 e. The van der Waals surface area contributed by atoms with Crippen LogP contribution in [0.4, 0.5) is 4.79 Å². The molecule has 0 N–H and O–H groups in total. The van der Waals surface area contributed by atoms with Crippen molar-refractivity contribution in [1.82, 2.24) is 9.88 Å². The van der Waals surface area contributed by atoms with Crippen LogP contribution in [-0.2, 0) is 9.53 Å². The van der Waals surface area contributed by atoms with Crippen molar-refractivity contribution in [2.24, 2.45) is 0 Å². The van der Waals surface area contributed by atoms with Crippen LogP contribution in [0.3, 0.4) is 0 Å². The molecule has 0 aliphatic heterocycles. The molecule has 0 aliphatic carbocycles. The molecule has 0 aliphatic rings. The Morgan fingerprint density at radius 3 is 1.69 bits per heavy atom. The van der Waals surface area contributed by atoms with Gasteiger partial charge in [0.15, 0.2) is 5.75 Å². The fourth-order valence-corrected chi connectivity index (χ4v) is 4.11. The van der Waals surface area contributed by atoms with Crippen molar-refractivity contribution >= 4 is 18.0 Å². The molecule has 0 fully saturated rings. The Balaban J connectivity index is 0. The SMILES string of the molecule is CCCC(=O)OCC[N+](C)(C)CCCCCCCCCC[N+](C)(C)C(=O)c1ncccc1OC(=O)N(C)C.[O-][Cl+3]([O-])([O-])[O-].[O-][Cl+3]([O-])([O-])[O-]. The summed E-state index contributed by atoms with van der Waals surface area (Å²) in [5, 5.41) is 0. The number of halogens is 2. The van der Waals surface area contributed by atoms with Gasteiger partial charge in [0.1, 0.15) is 13.2 Å². The molecule has 0 radical (unpaired) electrons. The summed E-state index contributed by atoms with van der Waals surface area (Å²) in [6.45, 7) is 5.14. The molecule has 1 heterocycles. The van der Waals surface area contributed by atoms with Crippen molar-refractivity contribution < 1.29 is 90.6 Å². The molecule has 19 heteroatoms. The third kappa shape index (κ3) is 29.8. The number of carbonyl (C=O) groups excluding carboxylic acids is 3. The highest BCUT2D eigenvalue weighted by Gasteiger charge is 2.32. The maximum Gasteiger partial charge on any atom is 0.414 e. The lowest BCUT2D eigenvalue weighted by Gasteiger charge is -2.29. The van der Waals surface area contributed by atoms with Crippen LogP contribution < -0.4 is 42.0 Å². The molecule has 0 saturated heterocycles. The number of pyridine rings is 1. The van der Waals surface area contributed by atoms with Crippen LogP contribution in [0.15, 0.2) is 18.3 Å². The van der Waals surface area contributed by atoms with Gasteiger partial charge in [0.25, 0.3) is 0 Å². The highest BCUT2D eigenvalue weighted by atomic mass is 35.7. The van der Waals surface area contributed by atoms with Crippen molar-refractivity contribution in [2.75, 3.05) is 68.5 Å². The van der Waals surface area contributed by atoms with Crippen molar-refractivity contribution in [3.8, 4) is 5.75 Å². The van der Waals surface area contributed by atoms with Crippen molar-refractivity contribution in [1.29, 1.82) is 0 Å². The lowest BCUT2D eigenvalue weighted by atomic mass is 10.1. The van der Waals surface area contributed by atoms with Gasteiger partial charge in [0, 0.05) is 26.7 Å². The molecule has 0 saturated carbocycles. The van der Waals surface area contributed by atoms with Crippen molar-refractivity contribution in [3.63, 3.8) is 0 Å². The van der Waals surface area contributed by atoms with Crippen molar-refractivity contribution in [2.45, 2.75) is 71.1 Å². The summed E-state index contributed by atoms with van der Waals surface area (Å²) in [4.78, 5) is 42.1. The van der Waals surface area contributed by atoms with E-state index in [2.05, 4.69) is 19.1 Å². The Morgan fingerprint density at radius 1 is 0.771 bits per heavy atom. The fraction of sp³-hybridized carbons (Fsp3) is 0.724. The number of unbranched alkanes of at least 4 members (excludes halogenated alkanes) is 7. The predicted octanol–water partition coefficient (Wildman–Crippen LogP) is -4.61. The van der Waals surface area contributed by atoms with Crippen LogP contribution in [0.25, 0.3) is 0 Å². The topological polar surface area (TPSA) is 270 Å². The lowest BCUT2D eigenvalue weighted by molar-refractivity contribution is -2.00. The highest BCUT2D eigenvalue weighted by molar-refractivity contribution is 5.90. The number of esters is 1. The van der Waals surface area contributed by atoms with Gasteiger partial charge in [-0.05, 0) is 44.2 Å². The molecule has 2 amide bonds. The van der Waals surface area contributed by atoms with E-state index in [4.69, 9.17) is 46.7 Å². The molecule has 48 heavy (non-hydrogen) atoms. The number of likely N-dealkylation sites (N-methyl/N-ethyl adjacent to an activating group) is 1. The van der Waals surface area contributed by atoms with E-state index in [1.807, 2.05) is 21.0 Å². The van der Waals surface area contributed by atoms with Gasteiger partial charge >= 0.3 is 18.0 Å². The van der Waals surface area contributed by atoms with Crippen LogP contribution >= 0.6 is 0 Å². The number of hydrogen-bond donors (Lipinski definition) is 0. The molecular formula is C29H52Cl2N4O13. The Hall–Kier alpha value is -2.26. The average molecular weight is 736 g/mol. The number of carbonyl (C=O) groups is 3. The molecule has 1 aromatic heterocycles. The second-order valence-electron chi connectivity index (χ2n) is 12.3. The Morgan fingerprint density at radius 2 is 1.23 bits per heavy atom. The third-order valence-corrected chi connectivity index (χ3v) is 6.73. The highest BCUT2D eigenvalue weighted by Crippen LogP contribution is 2.21. The molecule has 0 spiro atoms. The van der Waals surface area contributed by atoms with Gasteiger partial charge in [-0.3, -0.25) is 9.28 Å². The zero-order chi connectivity index (χ0) is 37.6. The Bertz CT molecular complexity index is 1040. The normalized spacial score (nSPS) is 11.8. The summed E-state index contributed by atoms with van der Waals surface area (Å²) < 4.78 is 79.6. The van der Waals surface area contributed by atoms with E-state index < -0.39 is 26.6 Å². The smallest absolute Gasteiger partial charge is 0.414 e. The first kappa shape index (κ1) is 47.9. The van der Waals surface area contributed by atoms with Gasteiger partial charge in [-0.2, -0.15) is 0 Å². The monoisotopic (exact) mass is 734 g/mol. The van der Waals surface area contributed by atoms with E-state index in [0.717, 1.165) is 43.3 Å². The van der Waals surface area contributed by atoms with Crippen LogP contribution in [0.1, 0.15) is 81.6 Å². The zero-order valence-electron chi connectivity index (χ0n) is 29.0. The molecule has 0 atom stereocenters. The fourth-order valence-electron chi connectivity index (χ4n) is 4.11. The first-order valence-electron chi connectivity index (χ1n) is 15.3. The van der Waals surface area contributed by atoms with Crippen LogP contribution in [0, 0.1) is 20.5 Å². The number of hydrogen-bond acceptors (Lipinski definition) is 14. The molecule has 17 nitrogen and oxygen atoms in total. The number of rotatable bonds is 18. The number of amides is 2. The molecule has 0 unspecified atom stereocenters. The molecule has 1 rings (SSSR count). The maximum atomic E-state index is 13.2. The molecule has 1 aromatic rings. The van der Waals surface area contributed by atoms with Gasteiger partial charge < -0.3 is 18.9 Å². The van der Waals surface area contributed by atoms with E-state index >= 15 is 0 Å². The Kier molecular flexibility index (Phi) is 23.9. The summed E-state index contributed by atoms with van der Waals surface area (Å²) in [6, 6.07) is 3.26. The van der Waals surface area contributed by atoms with Gasteiger partial charge in [0.05, 0.1) is 41.3 Å². The van der Waals surface area contributed by atoms with Crippen LogP contribution in [-0.4, -0.2) is 105 Å².